The van der Waals surface area contributed by atoms with E-state index in [2.05, 4.69) is 4.90 Å². The van der Waals surface area contributed by atoms with Crippen LogP contribution >= 0.6 is 0 Å². The number of likely N-dealkylation sites (tertiary alicyclic amines) is 2. The van der Waals surface area contributed by atoms with Gasteiger partial charge in [-0.2, -0.15) is 0 Å². The maximum Gasteiger partial charge on any atom is 0.289 e. The van der Waals surface area contributed by atoms with Crippen molar-refractivity contribution in [2.45, 2.75) is 32.6 Å². The van der Waals surface area contributed by atoms with Crippen molar-refractivity contribution >= 4 is 22.8 Å². The van der Waals surface area contributed by atoms with Crippen LogP contribution in [0.15, 0.2) is 28.7 Å². The Bertz CT molecular complexity index is 909. The summed E-state index contributed by atoms with van der Waals surface area (Å²) in [4.78, 5) is 31.4. The molecule has 2 aromatic rings. The van der Waals surface area contributed by atoms with Crippen LogP contribution in [0.5, 0.6) is 0 Å². The SMILES string of the molecule is Cc1cccc2cc(C(=O)N3CCC4(CCC(=O)N(CCN(C)C)C4)CC3)oc12. The van der Waals surface area contributed by atoms with E-state index in [1.807, 2.05) is 55.1 Å². The van der Waals surface area contributed by atoms with Gasteiger partial charge >= 0.3 is 0 Å². The fourth-order valence-electron chi connectivity index (χ4n) is 4.69. The summed E-state index contributed by atoms with van der Waals surface area (Å²) < 4.78 is 5.89. The topological polar surface area (TPSA) is 57.0 Å². The molecule has 6 heteroatoms. The summed E-state index contributed by atoms with van der Waals surface area (Å²) in [7, 11) is 4.07. The fraction of sp³-hybridized carbons (Fsp3) is 0.565. The van der Waals surface area contributed by atoms with Crippen LogP contribution in [0.25, 0.3) is 11.0 Å². The number of furan rings is 1. The number of piperidine rings is 2. The Hall–Kier alpha value is -2.34. The number of amides is 2. The van der Waals surface area contributed by atoms with Gasteiger partial charge in [-0.15, -0.1) is 0 Å². The molecule has 2 saturated heterocycles. The number of hydrogen-bond donors (Lipinski definition) is 0. The minimum Gasteiger partial charge on any atom is -0.451 e. The Morgan fingerprint density at radius 2 is 1.97 bits per heavy atom. The predicted molar refractivity (Wildman–Crippen MR) is 113 cm³/mol. The molecule has 1 spiro atoms. The summed E-state index contributed by atoms with van der Waals surface area (Å²) in [5.74, 6) is 0.678. The van der Waals surface area contributed by atoms with E-state index in [-0.39, 0.29) is 17.2 Å². The summed E-state index contributed by atoms with van der Waals surface area (Å²) in [6.07, 6.45) is 3.47. The zero-order valence-electron chi connectivity index (χ0n) is 17.7. The highest BCUT2D eigenvalue weighted by molar-refractivity contribution is 5.96. The van der Waals surface area contributed by atoms with Crippen molar-refractivity contribution in [2.24, 2.45) is 5.41 Å². The van der Waals surface area contributed by atoms with Crippen LogP contribution < -0.4 is 0 Å². The second-order valence-electron chi connectivity index (χ2n) is 9.01. The molecule has 0 bridgehead atoms. The van der Waals surface area contributed by atoms with Crippen molar-refractivity contribution in [3.63, 3.8) is 0 Å². The van der Waals surface area contributed by atoms with Crippen molar-refractivity contribution in [1.29, 1.82) is 0 Å². The first-order valence-electron chi connectivity index (χ1n) is 10.6. The molecule has 1 aromatic carbocycles. The molecule has 0 aliphatic carbocycles. The third-order valence-corrected chi connectivity index (χ3v) is 6.63. The molecule has 1 aromatic heterocycles. The summed E-state index contributed by atoms with van der Waals surface area (Å²) >= 11 is 0. The van der Waals surface area contributed by atoms with E-state index in [1.165, 1.54) is 0 Å². The third kappa shape index (κ3) is 4.04. The van der Waals surface area contributed by atoms with Gasteiger partial charge in [0.1, 0.15) is 5.58 Å². The molecule has 0 N–H and O–H groups in total. The minimum atomic E-state index is -0.0215. The first-order valence-corrected chi connectivity index (χ1v) is 10.6. The fourth-order valence-corrected chi connectivity index (χ4v) is 4.69. The maximum atomic E-state index is 13.0. The number of nitrogens with zero attached hydrogens (tertiary/aromatic N) is 3. The molecule has 2 amide bonds. The largest absolute Gasteiger partial charge is 0.451 e. The van der Waals surface area contributed by atoms with Gasteiger partial charge in [0.2, 0.25) is 5.91 Å². The molecule has 0 saturated carbocycles. The molecular formula is C23H31N3O3. The van der Waals surface area contributed by atoms with Crippen molar-refractivity contribution < 1.29 is 14.0 Å². The average Bonchev–Trinajstić information content (AvgIpc) is 3.15. The number of hydrogen-bond acceptors (Lipinski definition) is 4. The van der Waals surface area contributed by atoms with Gasteiger partial charge in [0.25, 0.3) is 5.91 Å². The minimum absolute atomic E-state index is 0.0215. The van der Waals surface area contributed by atoms with Gasteiger partial charge in [-0.05, 0) is 57.3 Å². The Morgan fingerprint density at radius 1 is 1.21 bits per heavy atom. The average molecular weight is 398 g/mol. The van der Waals surface area contributed by atoms with Crippen LogP contribution in [0.4, 0.5) is 0 Å². The van der Waals surface area contributed by atoms with Crippen molar-refractivity contribution in [2.75, 3.05) is 46.8 Å². The Labute approximate surface area is 172 Å². The number of benzene rings is 1. The number of fused-ring (bicyclic) bond motifs is 1. The van der Waals surface area contributed by atoms with Crippen LogP contribution in [0.2, 0.25) is 0 Å². The third-order valence-electron chi connectivity index (χ3n) is 6.63. The Kier molecular flexibility index (Phi) is 5.38. The van der Waals surface area contributed by atoms with Gasteiger partial charge in [0.05, 0.1) is 0 Å². The number of aryl methyl sites for hydroxylation is 1. The smallest absolute Gasteiger partial charge is 0.289 e. The van der Waals surface area contributed by atoms with Gasteiger partial charge in [-0.25, -0.2) is 0 Å². The van der Waals surface area contributed by atoms with E-state index in [0.29, 0.717) is 12.2 Å². The van der Waals surface area contributed by atoms with Gasteiger partial charge in [-0.3, -0.25) is 9.59 Å². The molecule has 2 aliphatic heterocycles. The zero-order chi connectivity index (χ0) is 20.6. The van der Waals surface area contributed by atoms with Crippen LogP contribution in [0, 0.1) is 12.3 Å². The molecule has 2 fully saturated rings. The highest BCUT2D eigenvalue weighted by Gasteiger charge is 2.42. The van der Waals surface area contributed by atoms with Gasteiger partial charge in [0, 0.05) is 44.5 Å². The lowest BCUT2D eigenvalue weighted by atomic mass is 9.72. The molecule has 2 aliphatic rings. The number of likely N-dealkylation sites (N-methyl/N-ethyl adjacent to an activating group) is 1. The molecule has 0 atom stereocenters. The quantitative estimate of drug-likeness (QED) is 0.795. The highest BCUT2D eigenvalue weighted by Crippen LogP contribution is 2.40. The summed E-state index contributed by atoms with van der Waals surface area (Å²) in [5, 5.41) is 0.976. The maximum absolute atomic E-state index is 13.0. The molecule has 0 unspecified atom stereocenters. The highest BCUT2D eigenvalue weighted by atomic mass is 16.3. The normalized spacial score (nSPS) is 19.5. The predicted octanol–water partition coefficient (Wildman–Crippen LogP) is 3.15. The van der Waals surface area contributed by atoms with E-state index in [9.17, 15) is 9.59 Å². The number of para-hydroxylation sites is 1. The first kappa shape index (κ1) is 20.0. The molecular weight excluding hydrogens is 366 g/mol. The lowest BCUT2D eigenvalue weighted by Gasteiger charge is -2.47. The molecule has 6 nitrogen and oxygen atoms in total. The van der Waals surface area contributed by atoms with Crippen LogP contribution in [0.3, 0.4) is 0 Å². The number of rotatable bonds is 4. The van der Waals surface area contributed by atoms with Crippen molar-refractivity contribution in [3.05, 3.63) is 35.6 Å². The second-order valence-corrected chi connectivity index (χ2v) is 9.01. The molecule has 4 rings (SSSR count). The second kappa shape index (κ2) is 7.82. The lowest BCUT2D eigenvalue weighted by molar-refractivity contribution is -0.139. The summed E-state index contributed by atoms with van der Waals surface area (Å²) in [6, 6.07) is 7.82. The molecule has 3 heterocycles. The molecule has 0 radical (unpaired) electrons. The number of carbonyl (C=O) groups excluding carboxylic acids is 2. The van der Waals surface area contributed by atoms with Gasteiger partial charge < -0.3 is 19.1 Å². The monoisotopic (exact) mass is 397 g/mol. The van der Waals surface area contributed by atoms with E-state index in [4.69, 9.17) is 4.42 Å². The first-order chi connectivity index (χ1) is 13.9. The summed E-state index contributed by atoms with van der Waals surface area (Å²) in [5.41, 5.74) is 2.00. The zero-order valence-corrected chi connectivity index (χ0v) is 17.7. The summed E-state index contributed by atoms with van der Waals surface area (Å²) in [6.45, 7) is 5.95. The van der Waals surface area contributed by atoms with E-state index in [1.54, 1.807) is 0 Å². The van der Waals surface area contributed by atoms with Crippen LogP contribution in [-0.2, 0) is 4.79 Å². The number of carbonyl (C=O) groups is 2. The van der Waals surface area contributed by atoms with E-state index >= 15 is 0 Å². The van der Waals surface area contributed by atoms with E-state index < -0.39 is 0 Å². The standard InChI is InChI=1S/C23H31N3O3/c1-17-5-4-6-18-15-19(29-21(17)18)22(28)25-11-9-23(10-12-25)8-7-20(27)26(16-23)14-13-24(2)3/h4-6,15H,7-14,16H2,1-3H3. The van der Waals surface area contributed by atoms with Crippen molar-refractivity contribution in [3.8, 4) is 0 Å². The van der Waals surface area contributed by atoms with Crippen LogP contribution in [0.1, 0.15) is 41.8 Å². The Morgan fingerprint density at radius 3 is 2.66 bits per heavy atom. The van der Waals surface area contributed by atoms with Gasteiger partial charge in [0.15, 0.2) is 5.76 Å². The lowest BCUT2D eigenvalue weighted by Crippen LogP contribution is -2.53. The molecule has 156 valence electrons. The van der Waals surface area contributed by atoms with E-state index in [0.717, 1.165) is 68.5 Å². The Balaban J connectivity index is 1.41. The van der Waals surface area contributed by atoms with Crippen LogP contribution in [-0.4, -0.2) is 73.3 Å². The molecule has 29 heavy (non-hydrogen) atoms. The van der Waals surface area contributed by atoms with Gasteiger partial charge in [-0.1, -0.05) is 18.2 Å². The van der Waals surface area contributed by atoms with Crippen molar-refractivity contribution in [1.82, 2.24) is 14.7 Å².